The first kappa shape index (κ1) is 29.0. The molecule has 7 nitrogen and oxygen atoms in total. The molecule has 1 N–H and O–H groups in total. The second-order valence-corrected chi connectivity index (χ2v) is 15.4. The fraction of sp³-hybridized carbons (Fsp3) is 0.548. The Kier molecular flexibility index (Phi) is 7.45. The van der Waals surface area contributed by atoms with E-state index in [0.717, 1.165) is 24.0 Å². The molecule has 3 saturated carbocycles. The zero-order valence-corrected chi connectivity index (χ0v) is 25.6. The van der Waals surface area contributed by atoms with Gasteiger partial charge in [0, 0.05) is 28.5 Å². The van der Waals surface area contributed by atoms with Gasteiger partial charge in [-0.15, -0.1) is 0 Å². The lowest BCUT2D eigenvalue weighted by Gasteiger charge is -2.54. The molecule has 0 bridgehead atoms. The number of carbonyl (C=O) groups is 2. The van der Waals surface area contributed by atoms with Crippen LogP contribution in [0.15, 0.2) is 48.5 Å². The van der Waals surface area contributed by atoms with E-state index in [1.807, 2.05) is 60.4 Å². The number of likely N-dealkylation sites (tertiary alicyclic amines) is 1. The smallest absolute Gasteiger partial charge is 0.312 e. The third kappa shape index (κ3) is 5.19. The van der Waals surface area contributed by atoms with Crippen LogP contribution in [-0.2, 0) is 24.3 Å². The van der Waals surface area contributed by atoms with E-state index in [1.54, 1.807) is 0 Å². The van der Waals surface area contributed by atoms with Gasteiger partial charge in [-0.1, -0.05) is 47.5 Å². The van der Waals surface area contributed by atoms with Crippen LogP contribution in [0.3, 0.4) is 0 Å². The van der Waals surface area contributed by atoms with Gasteiger partial charge in [-0.3, -0.25) is 9.59 Å². The molecular formula is C31H36Cl2N2O5S. The van der Waals surface area contributed by atoms with Crippen LogP contribution < -0.4 is 4.72 Å². The molecule has 6 rings (SSSR count). The Morgan fingerprint density at radius 2 is 1.73 bits per heavy atom. The summed E-state index contributed by atoms with van der Waals surface area (Å²) in [6.45, 7) is 2.04. The molecule has 4 aliphatic rings. The molecule has 1 amide bonds. The highest BCUT2D eigenvalue weighted by Crippen LogP contribution is 2.67. The monoisotopic (exact) mass is 618 g/mol. The summed E-state index contributed by atoms with van der Waals surface area (Å²) in [4.78, 5) is 30.2. The zero-order chi connectivity index (χ0) is 29.2. The maximum atomic E-state index is 15.0. The summed E-state index contributed by atoms with van der Waals surface area (Å²) >= 11 is 12.8. The number of benzene rings is 2. The summed E-state index contributed by atoms with van der Waals surface area (Å²) in [6, 6.07) is 14.4. The van der Waals surface area contributed by atoms with E-state index in [2.05, 4.69) is 4.72 Å². The molecule has 0 spiro atoms. The van der Waals surface area contributed by atoms with Gasteiger partial charge >= 0.3 is 5.97 Å². The molecule has 1 aliphatic heterocycles. The number of piperidine rings is 1. The molecule has 3 aliphatic carbocycles. The van der Waals surface area contributed by atoms with E-state index in [4.69, 9.17) is 27.9 Å². The van der Waals surface area contributed by atoms with Crippen LogP contribution in [0.4, 0.5) is 0 Å². The zero-order valence-electron chi connectivity index (χ0n) is 23.3. The number of hydrogen-bond acceptors (Lipinski definition) is 5. The van der Waals surface area contributed by atoms with Crippen molar-refractivity contribution in [1.29, 1.82) is 0 Å². The highest BCUT2D eigenvalue weighted by Gasteiger charge is 2.70. The van der Waals surface area contributed by atoms with Gasteiger partial charge < -0.3 is 9.64 Å². The van der Waals surface area contributed by atoms with E-state index >= 15 is 0 Å². The lowest BCUT2D eigenvalue weighted by Crippen LogP contribution is -2.61. The predicted molar refractivity (Wildman–Crippen MR) is 158 cm³/mol. The number of carbonyl (C=O) groups excluding carboxylic acids is 2. The van der Waals surface area contributed by atoms with Crippen molar-refractivity contribution in [2.45, 2.75) is 75.1 Å². The summed E-state index contributed by atoms with van der Waals surface area (Å²) in [5.74, 6) is -0.533. The van der Waals surface area contributed by atoms with Crippen LogP contribution in [-0.4, -0.2) is 50.1 Å². The summed E-state index contributed by atoms with van der Waals surface area (Å²) in [5.41, 5.74) is -0.0812. The summed E-state index contributed by atoms with van der Waals surface area (Å²) in [6.07, 6.45) is 4.72. The number of nitrogens with zero attached hydrogens (tertiary/aromatic N) is 1. The van der Waals surface area contributed by atoms with Gasteiger partial charge in [0.1, 0.15) is 0 Å². The SMILES string of the molecule is COC(=O)C1([C@@]2(C)CC(c3cccc(Cl)c3)[C@@H](c3ccc(Cl)cc3)N([C@H](CNS(=O)(=O)C3CC3)C3CC3)C2=O)CC1. The molecule has 4 atom stereocenters. The van der Waals surface area contributed by atoms with Crippen molar-refractivity contribution in [3.8, 4) is 0 Å². The van der Waals surface area contributed by atoms with Gasteiger partial charge in [0.2, 0.25) is 15.9 Å². The van der Waals surface area contributed by atoms with Crippen LogP contribution in [0.1, 0.15) is 75.0 Å². The fourth-order valence-electron chi connectivity index (χ4n) is 7.06. The van der Waals surface area contributed by atoms with Crippen molar-refractivity contribution in [2.75, 3.05) is 13.7 Å². The third-order valence-corrected chi connectivity index (χ3v) is 12.3. The third-order valence-electron chi connectivity index (χ3n) is 9.87. The molecule has 10 heteroatoms. The Balaban J connectivity index is 1.50. The van der Waals surface area contributed by atoms with Crippen molar-refractivity contribution < 1.29 is 22.7 Å². The van der Waals surface area contributed by atoms with Crippen molar-refractivity contribution >= 4 is 45.1 Å². The minimum Gasteiger partial charge on any atom is -0.469 e. The first-order valence-electron chi connectivity index (χ1n) is 14.4. The van der Waals surface area contributed by atoms with Gasteiger partial charge in [-0.05, 0) is 93.2 Å². The van der Waals surface area contributed by atoms with Crippen molar-refractivity contribution in [3.63, 3.8) is 0 Å². The Bertz CT molecular complexity index is 1450. The minimum atomic E-state index is -3.46. The first-order valence-corrected chi connectivity index (χ1v) is 16.7. The Morgan fingerprint density at radius 1 is 1.05 bits per heavy atom. The fourth-order valence-corrected chi connectivity index (χ4v) is 8.78. The van der Waals surface area contributed by atoms with Crippen LogP contribution >= 0.6 is 23.2 Å². The van der Waals surface area contributed by atoms with Gasteiger partial charge in [-0.25, -0.2) is 13.1 Å². The second-order valence-electron chi connectivity index (χ2n) is 12.5. The molecular weight excluding hydrogens is 583 g/mol. The molecule has 2 aromatic carbocycles. The Labute approximate surface area is 252 Å². The van der Waals surface area contributed by atoms with Gasteiger partial charge in [0.05, 0.1) is 29.2 Å². The van der Waals surface area contributed by atoms with Crippen LogP contribution in [0, 0.1) is 16.7 Å². The van der Waals surface area contributed by atoms with Crippen molar-refractivity contribution in [2.24, 2.45) is 16.7 Å². The summed E-state index contributed by atoms with van der Waals surface area (Å²) in [7, 11) is -2.09. The second kappa shape index (κ2) is 10.5. The maximum absolute atomic E-state index is 15.0. The van der Waals surface area contributed by atoms with Crippen molar-refractivity contribution in [3.05, 3.63) is 69.7 Å². The minimum absolute atomic E-state index is 0.124. The average Bonchev–Trinajstić information content (AvgIpc) is 3.79. The van der Waals surface area contributed by atoms with E-state index in [0.29, 0.717) is 42.1 Å². The highest BCUT2D eigenvalue weighted by molar-refractivity contribution is 7.90. The normalized spacial score (nSPS) is 28.3. The number of sulfonamides is 1. The number of rotatable bonds is 10. The number of esters is 1. The molecule has 0 aromatic heterocycles. The number of amides is 1. The molecule has 0 radical (unpaired) electrons. The number of hydrogen-bond donors (Lipinski definition) is 1. The number of nitrogens with one attached hydrogen (secondary N) is 1. The van der Waals surface area contributed by atoms with Crippen LogP contribution in [0.2, 0.25) is 10.0 Å². The van der Waals surface area contributed by atoms with Gasteiger partial charge in [-0.2, -0.15) is 0 Å². The largest absolute Gasteiger partial charge is 0.469 e. The van der Waals surface area contributed by atoms with Crippen molar-refractivity contribution in [1.82, 2.24) is 9.62 Å². The van der Waals surface area contributed by atoms with E-state index in [1.165, 1.54) is 7.11 Å². The predicted octanol–water partition coefficient (Wildman–Crippen LogP) is 5.87. The standard InChI is InChI=1S/C31H36Cl2N2O5S/c1-30(31(14-15-31)29(37)40-2)17-25(21-4-3-5-23(33)16-21)27(20-8-10-22(32)11-9-20)35(28(30)36)26(19-6-7-19)18-34-41(38,39)24-12-13-24/h3-5,8-11,16,19,24-27,34H,6-7,12-15,17-18H2,1-2H3/t25?,26-,27-,30+/m1/s1. The lowest BCUT2D eigenvalue weighted by atomic mass is 9.61. The average molecular weight is 620 g/mol. The van der Waals surface area contributed by atoms with Gasteiger partial charge in [0.15, 0.2) is 0 Å². The Hall–Kier alpha value is -2.13. The molecule has 1 unspecified atom stereocenters. The molecule has 2 aromatic rings. The quantitative estimate of drug-likeness (QED) is 0.336. The van der Waals surface area contributed by atoms with Crippen LogP contribution in [0.25, 0.3) is 0 Å². The van der Waals surface area contributed by atoms with Crippen LogP contribution in [0.5, 0.6) is 0 Å². The highest BCUT2D eigenvalue weighted by atomic mass is 35.5. The topological polar surface area (TPSA) is 92.8 Å². The molecule has 1 heterocycles. The Morgan fingerprint density at radius 3 is 2.29 bits per heavy atom. The maximum Gasteiger partial charge on any atom is 0.312 e. The van der Waals surface area contributed by atoms with Gasteiger partial charge in [0.25, 0.3) is 0 Å². The first-order chi connectivity index (χ1) is 19.5. The number of methoxy groups -OCH3 is 1. The van der Waals surface area contributed by atoms with E-state index < -0.39 is 26.9 Å². The molecule has 4 fully saturated rings. The molecule has 220 valence electrons. The van der Waals surface area contributed by atoms with E-state index in [9.17, 15) is 18.0 Å². The van der Waals surface area contributed by atoms with E-state index in [-0.39, 0.29) is 41.5 Å². The molecule has 41 heavy (non-hydrogen) atoms. The molecule has 1 saturated heterocycles. The number of ether oxygens (including phenoxy) is 1. The summed E-state index contributed by atoms with van der Waals surface area (Å²) in [5, 5.41) is 0.822. The lowest BCUT2D eigenvalue weighted by molar-refractivity contribution is -0.172. The number of halogens is 2. The summed E-state index contributed by atoms with van der Waals surface area (Å²) < 4.78 is 34.0.